The molecule has 0 aliphatic heterocycles. The Morgan fingerprint density at radius 3 is 2.23 bits per heavy atom. The van der Waals surface area contributed by atoms with Crippen molar-refractivity contribution in [3.63, 3.8) is 0 Å². The van der Waals surface area contributed by atoms with Gasteiger partial charge in [-0.15, -0.1) is 11.8 Å². The predicted octanol–water partition coefficient (Wildman–Crippen LogP) is 4.87. The topological polar surface area (TPSA) is 29.1 Å². The molecule has 0 atom stereocenters. The van der Waals surface area contributed by atoms with E-state index in [1.807, 2.05) is 36.6 Å². The van der Waals surface area contributed by atoms with Crippen LogP contribution in [0.25, 0.3) is 0 Å². The van der Waals surface area contributed by atoms with Gasteiger partial charge in [0.2, 0.25) is 0 Å². The third kappa shape index (κ3) is 6.00. The number of hydrogen-bond donors (Lipinski definition) is 1. The fraction of sp³-hybridized carbons (Fsp3) is 0.167. The SMILES string of the molecule is Cc1ccc(CS/C=C/C(=O)NSc2ccc(C)cc2)cc1. The first-order valence-corrected chi connectivity index (χ1v) is 8.87. The van der Waals surface area contributed by atoms with E-state index in [1.165, 1.54) is 28.6 Å². The van der Waals surface area contributed by atoms with Crippen LogP contribution in [0.2, 0.25) is 0 Å². The van der Waals surface area contributed by atoms with Crippen LogP contribution in [0.3, 0.4) is 0 Å². The summed E-state index contributed by atoms with van der Waals surface area (Å²) in [5, 5.41) is 1.84. The smallest absolute Gasteiger partial charge is 0.254 e. The highest BCUT2D eigenvalue weighted by Crippen LogP contribution is 2.16. The van der Waals surface area contributed by atoms with E-state index in [0.29, 0.717) is 0 Å². The Kier molecular flexibility index (Phi) is 6.62. The normalized spacial score (nSPS) is 10.8. The molecule has 0 unspecified atom stereocenters. The minimum absolute atomic E-state index is 0.0954. The van der Waals surface area contributed by atoms with Crippen LogP contribution in [0, 0.1) is 13.8 Å². The lowest BCUT2D eigenvalue weighted by Crippen LogP contribution is -2.11. The van der Waals surface area contributed by atoms with Crippen molar-refractivity contribution in [2.24, 2.45) is 0 Å². The molecule has 0 aliphatic rings. The van der Waals surface area contributed by atoms with Crippen molar-refractivity contribution in [3.8, 4) is 0 Å². The second-order valence-electron chi connectivity index (χ2n) is 4.98. The van der Waals surface area contributed by atoms with Gasteiger partial charge in [0.05, 0.1) is 0 Å². The molecule has 2 aromatic carbocycles. The van der Waals surface area contributed by atoms with Crippen LogP contribution < -0.4 is 4.72 Å². The Balaban J connectivity index is 1.70. The number of aryl methyl sites for hydroxylation is 2. The first-order chi connectivity index (χ1) is 10.6. The minimum Gasteiger partial charge on any atom is -0.292 e. The summed E-state index contributed by atoms with van der Waals surface area (Å²) in [5.41, 5.74) is 3.73. The lowest BCUT2D eigenvalue weighted by atomic mass is 10.2. The van der Waals surface area contributed by atoms with Gasteiger partial charge >= 0.3 is 0 Å². The minimum atomic E-state index is -0.0954. The molecular formula is C18H19NOS2. The van der Waals surface area contributed by atoms with Crippen molar-refractivity contribution in [1.29, 1.82) is 0 Å². The summed E-state index contributed by atoms with van der Waals surface area (Å²) in [7, 11) is 0. The zero-order chi connectivity index (χ0) is 15.8. The molecule has 0 saturated carbocycles. The van der Waals surface area contributed by atoms with E-state index in [4.69, 9.17) is 0 Å². The molecular weight excluding hydrogens is 310 g/mol. The molecule has 2 nitrogen and oxygen atoms in total. The maximum absolute atomic E-state index is 11.7. The van der Waals surface area contributed by atoms with Gasteiger partial charge < -0.3 is 0 Å². The Labute approximate surface area is 140 Å². The molecule has 0 aliphatic carbocycles. The summed E-state index contributed by atoms with van der Waals surface area (Å²) in [6.45, 7) is 4.12. The van der Waals surface area contributed by atoms with Crippen molar-refractivity contribution in [2.45, 2.75) is 24.5 Å². The third-order valence-corrected chi connectivity index (χ3v) is 4.62. The van der Waals surface area contributed by atoms with E-state index >= 15 is 0 Å². The summed E-state index contributed by atoms with van der Waals surface area (Å²) in [5.74, 6) is 0.775. The van der Waals surface area contributed by atoms with Gasteiger partial charge in [-0.05, 0) is 48.9 Å². The van der Waals surface area contributed by atoms with E-state index in [2.05, 4.69) is 35.9 Å². The maximum atomic E-state index is 11.7. The van der Waals surface area contributed by atoms with Gasteiger partial charge in [-0.25, -0.2) is 0 Å². The van der Waals surface area contributed by atoms with Crippen molar-refractivity contribution in [3.05, 3.63) is 76.7 Å². The highest BCUT2D eigenvalue weighted by Gasteiger charge is 1.98. The number of hydrogen-bond acceptors (Lipinski definition) is 3. The van der Waals surface area contributed by atoms with E-state index < -0.39 is 0 Å². The number of amides is 1. The van der Waals surface area contributed by atoms with Crippen LogP contribution in [0.4, 0.5) is 0 Å². The molecule has 0 heterocycles. The van der Waals surface area contributed by atoms with Crippen molar-refractivity contribution in [2.75, 3.05) is 0 Å². The average Bonchev–Trinajstić information content (AvgIpc) is 2.53. The highest BCUT2D eigenvalue weighted by molar-refractivity contribution is 8.01. The maximum Gasteiger partial charge on any atom is 0.254 e. The van der Waals surface area contributed by atoms with Gasteiger partial charge in [0.15, 0.2) is 0 Å². The van der Waals surface area contributed by atoms with Crippen molar-refractivity contribution in [1.82, 2.24) is 4.72 Å². The Hall–Kier alpha value is -1.65. The standard InChI is InChI=1S/C18H19NOS2/c1-14-3-7-16(8-4-14)13-21-12-11-18(20)19-22-17-9-5-15(2)6-10-17/h3-12H,13H2,1-2H3,(H,19,20)/b12-11+. The highest BCUT2D eigenvalue weighted by atomic mass is 32.2. The summed E-state index contributed by atoms with van der Waals surface area (Å²) >= 11 is 2.95. The number of carbonyl (C=O) groups excluding carboxylic acids is 1. The van der Waals surface area contributed by atoms with Crippen LogP contribution in [-0.2, 0) is 10.5 Å². The Bertz CT molecular complexity index is 633. The Morgan fingerprint density at radius 1 is 1.00 bits per heavy atom. The van der Waals surface area contributed by atoms with Crippen molar-refractivity contribution < 1.29 is 4.79 Å². The van der Waals surface area contributed by atoms with Crippen LogP contribution in [-0.4, -0.2) is 5.91 Å². The number of benzene rings is 2. The molecule has 2 rings (SSSR count). The second kappa shape index (κ2) is 8.71. The molecule has 0 spiro atoms. The molecule has 22 heavy (non-hydrogen) atoms. The van der Waals surface area contributed by atoms with Gasteiger partial charge in [-0.1, -0.05) is 47.5 Å². The van der Waals surface area contributed by atoms with Crippen molar-refractivity contribution >= 4 is 29.6 Å². The first-order valence-electron chi connectivity index (χ1n) is 7.01. The van der Waals surface area contributed by atoms with Gasteiger partial charge in [0, 0.05) is 16.7 Å². The molecule has 0 fully saturated rings. The molecule has 1 amide bonds. The largest absolute Gasteiger partial charge is 0.292 e. The number of nitrogens with one attached hydrogen (secondary N) is 1. The fourth-order valence-electron chi connectivity index (χ4n) is 1.69. The number of carbonyl (C=O) groups is 1. The van der Waals surface area contributed by atoms with E-state index in [0.717, 1.165) is 10.6 Å². The molecule has 4 heteroatoms. The van der Waals surface area contributed by atoms with Crippen LogP contribution in [0.5, 0.6) is 0 Å². The summed E-state index contributed by atoms with van der Waals surface area (Å²) < 4.78 is 2.80. The monoisotopic (exact) mass is 329 g/mol. The number of rotatable bonds is 6. The van der Waals surface area contributed by atoms with Gasteiger partial charge in [0.1, 0.15) is 0 Å². The fourth-order valence-corrected chi connectivity index (χ4v) is 2.95. The number of thioether (sulfide) groups is 1. The second-order valence-corrected chi connectivity index (χ2v) is 6.75. The summed E-state index contributed by atoms with van der Waals surface area (Å²) in [6, 6.07) is 16.5. The average molecular weight is 329 g/mol. The van der Waals surface area contributed by atoms with E-state index in [9.17, 15) is 4.79 Å². The predicted molar refractivity (Wildman–Crippen MR) is 96.8 cm³/mol. The molecule has 2 aromatic rings. The summed E-state index contributed by atoms with van der Waals surface area (Å²) in [4.78, 5) is 12.7. The third-order valence-electron chi connectivity index (χ3n) is 2.98. The van der Waals surface area contributed by atoms with Crippen LogP contribution >= 0.6 is 23.7 Å². The molecule has 0 bridgehead atoms. The van der Waals surface area contributed by atoms with E-state index in [1.54, 1.807) is 17.8 Å². The Morgan fingerprint density at radius 2 is 1.59 bits per heavy atom. The van der Waals surface area contributed by atoms with Gasteiger partial charge in [0.25, 0.3) is 5.91 Å². The van der Waals surface area contributed by atoms with Crippen LogP contribution in [0.1, 0.15) is 16.7 Å². The molecule has 0 saturated heterocycles. The van der Waals surface area contributed by atoms with Crippen LogP contribution in [0.15, 0.2) is 64.9 Å². The van der Waals surface area contributed by atoms with Gasteiger partial charge in [-0.3, -0.25) is 9.52 Å². The zero-order valence-corrected chi connectivity index (χ0v) is 14.3. The zero-order valence-electron chi connectivity index (χ0n) is 12.7. The van der Waals surface area contributed by atoms with Gasteiger partial charge in [-0.2, -0.15) is 0 Å². The molecule has 114 valence electrons. The summed E-state index contributed by atoms with van der Waals surface area (Å²) in [6.07, 6.45) is 1.57. The molecule has 1 N–H and O–H groups in total. The van der Waals surface area contributed by atoms with E-state index in [-0.39, 0.29) is 5.91 Å². The quantitative estimate of drug-likeness (QED) is 0.605. The molecule has 0 aromatic heterocycles. The lowest BCUT2D eigenvalue weighted by molar-refractivity contribution is -0.114. The first kappa shape index (κ1) is 16.7. The lowest BCUT2D eigenvalue weighted by Gasteiger charge is -2.02. The molecule has 0 radical (unpaired) electrons.